The first kappa shape index (κ1) is 44.2. The Morgan fingerprint density at radius 1 is 0.263 bits per heavy atom. The highest BCUT2D eigenvalue weighted by molar-refractivity contribution is 7.23. The monoisotopic (exact) mass is 998 g/mol. The number of para-hydroxylation sites is 2. The Kier molecular flexibility index (Phi) is 10.3. The molecule has 15 rings (SSSR count). The number of rotatable bonds is 9. The Labute approximate surface area is 444 Å². The van der Waals surface area contributed by atoms with Gasteiger partial charge in [0.05, 0.1) is 22.1 Å². The molecule has 356 valence electrons. The number of benzene rings is 12. The maximum atomic E-state index is 2.52. The zero-order chi connectivity index (χ0) is 50.2. The van der Waals surface area contributed by atoms with Gasteiger partial charge in [0, 0.05) is 32.9 Å². The van der Waals surface area contributed by atoms with E-state index in [2.05, 4.69) is 312 Å². The van der Waals surface area contributed by atoms with E-state index in [4.69, 9.17) is 0 Å². The topological polar surface area (TPSA) is 9.86 Å². The van der Waals surface area contributed by atoms with Crippen molar-refractivity contribution < 1.29 is 0 Å². The Balaban J connectivity index is 0.970. The molecule has 0 fully saturated rings. The molecule has 3 heterocycles. The first-order chi connectivity index (χ1) is 37.7. The molecule has 2 nitrogen and oxygen atoms in total. The second-order valence-electron chi connectivity index (χ2n) is 20.3. The Hall–Kier alpha value is -9.33. The fourth-order valence-electron chi connectivity index (χ4n) is 13.6. The van der Waals surface area contributed by atoms with Crippen molar-refractivity contribution in [3.63, 3.8) is 0 Å². The van der Waals surface area contributed by atoms with Crippen LogP contribution in [-0.2, 0) is 0 Å². The highest BCUT2D eigenvalue weighted by Crippen LogP contribution is 2.42. The summed E-state index contributed by atoms with van der Waals surface area (Å²) in [6.45, 7) is 0. The molecule has 0 radical (unpaired) electrons. The summed E-state index contributed by atoms with van der Waals surface area (Å²) in [6, 6.07) is 114. The molecule has 2 aromatic heterocycles. The number of hydrogen-bond acceptors (Lipinski definition) is 0. The first-order valence-electron chi connectivity index (χ1n) is 26.4. The number of fused-ring (bicyclic) bond motifs is 9. The summed E-state index contributed by atoms with van der Waals surface area (Å²) >= 11 is 0. The van der Waals surface area contributed by atoms with Gasteiger partial charge in [-0.2, -0.15) is 0 Å². The Morgan fingerprint density at radius 3 is 1.33 bits per heavy atom. The van der Waals surface area contributed by atoms with Crippen LogP contribution in [0.15, 0.2) is 303 Å². The lowest BCUT2D eigenvalue weighted by atomic mass is 9.96. The van der Waals surface area contributed by atoms with E-state index in [1.807, 2.05) is 0 Å². The first-order valence-corrected chi connectivity index (χ1v) is 30.4. The van der Waals surface area contributed by atoms with E-state index in [0.717, 1.165) is 11.4 Å². The summed E-state index contributed by atoms with van der Waals surface area (Å²) in [7, 11) is -5.65. The van der Waals surface area contributed by atoms with Crippen molar-refractivity contribution in [3.05, 3.63) is 303 Å². The predicted octanol–water partition coefficient (Wildman–Crippen LogP) is 12.3. The summed E-state index contributed by atoms with van der Waals surface area (Å²) in [5.74, 6) is 0. The molecular weight excluding hydrogens is 949 g/mol. The second kappa shape index (κ2) is 17.7. The van der Waals surface area contributed by atoms with E-state index in [1.165, 1.54) is 107 Å². The molecule has 12 aromatic carbocycles. The van der Waals surface area contributed by atoms with Crippen LogP contribution in [0.5, 0.6) is 0 Å². The maximum Gasteiger partial charge on any atom is 0.181 e. The van der Waals surface area contributed by atoms with Gasteiger partial charge in [-0.15, -0.1) is 0 Å². The standard InChI is InChI=1S/C72H50N2Si2/c1-6-26-53(27-7-1)75(54-28-8-2-9-29-54,55-30-10-3-11-31-55)58-36-22-25-51(49-58)74-66-43-19-16-37-59(66)60-48-47-52(50-69(60)74)73-67-44-20-17-39-65(67)71-62(40-24-45-68(71)73)64-42-23-41-63-61-38-18-21-46-70(61)76(72(63)64,56-32-12-4-13-33-56)57-34-14-5-15-35-57/h1-50H. The van der Waals surface area contributed by atoms with Crippen LogP contribution in [0, 0.1) is 0 Å². The van der Waals surface area contributed by atoms with E-state index in [1.54, 1.807) is 0 Å². The second-order valence-corrected chi connectivity index (χ2v) is 27.8. The van der Waals surface area contributed by atoms with E-state index in [9.17, 15) is 0 Å². The van der Waals surface area contributed by atoms with Gasteiger partial charge in [0.2, 0.25) is 0 Å². The molecule has 0 N–H and O–H groups in total. The molecule has 0 amide bonds. The number of nitrogens with zero attached hydrogens (tertiary/aromatic N) is 2. The largest absolute Gasteiger partial charge is 0.309 e. The minimum Gasteiger partial charge on any atom is -0.309 e. The molecule has 0 bridgehead atoms. The number of hydrogen-bond donors (Lipinski definition) is 0. The van der Waals surface area contributed by atoms with E-state index < -0.39 is 16.1 Å². The minimum atomic E-state index is -2.83. The summed E-state index contributed by atoms with van der Waals surface area (Å²) in [6.07, 6.45) is 0. The van der Waals surface area contributed by atoms with Gasteiger partial charge >= 0.3 is 0 Å². The van der Waals surface area contributed by atoms with Crippen LogP contribution in [0.2, 0.25) is 0 Å². The molecule has 4 heteroatoms. The molecule has 1 aliphatic rings. The van der Waals surface area contributed by atoms with E-state index >= 15 is 0 Å². The van der Waals surface area contributed by atoms with Gasteiger partial charge < -0.3 is 9.13 Å². The van der Waals surface area contributed by atoms with Crippen LogP contribution in [0.4, 0.5) is 0 Å². The highest BCUT2D eigenvalue weighted by atomic mass is 28.3. The summed E-state index contributed by atoms with van der Waals surface area (Å²) < 4.78 is 5.03. The zero-order valence-corrected chi connectivity index (χ0v) is 43.8. The van der Waals surface area contributed by atoms with Crippen LogP contribution in [-0.4, -0.2) is 25.3 Å². The van der Waals surface area contributed by atoms with Crippen molar-refractivity contribution in [2.75, 3.05) is 0 Å². The summed E-state index contributed by atoms with van der Waals surface area (Å²) in [4.78, 5) is 0. The molecule has 14 aromatic rings. The molecule has 0 saturated carbocycles. The van der Waals surface area contributed by atoms with E-state index in [-0.39, 0.29) is 0 Å². The number of aromatic nitrogens is 2. The Morgan fingerprint density at radius 2 is 0.684 bits per heavy atom. The van der Waals surface area contributed by atoms with Gasteiger partial charge in [-0.3, -0.25) is 0 Å². The lowest BCUT2D eigenvalue weighted by Crippen LogP contribution is -2.74. The van der Waals surface area contributed by atoms with Crippen LogP contribution in [0.1, 0.15) is 0 Å². The van der Waals surface area contributed by atoms with Crippen molar-refractivity contribution in [2.45, 2.75) is 0 Å². The Bertz CT molecular complexity index is 4370. The summed E-state index contributed by atoms with van der Waals surface area (Å²) in [5.41, 5.74) is 12.2. The van der Waals surface area contributed by atoms with Gasteiger partial charge in [0.25, 0.3) is 0 Å². The third-order valence-corrected chi connectivity index (χ3v) is 26.2. The third kappa shape index (κ3) is 6.38. The smallest absolute Gasteiger partial charge is 0.181 e. The van der Waals surface area contributed by atoms with Crippen molar-refractivity contribution in [1.82, 2.24) is 9.13 Å². The highest BCUT2D eigenvalue weighted by Gasteiger charge is 2.50. The van der Waals surface area contributed by atoms with Gasteiger partial charge in [-0.25, -0.2) is 0 Å². The average Bonchev–Trinajstić information content (AvgIpc) is 4.15. The van der Waals surface area contributed by atoms with Gasteiger partial charge in [-0.1, -0.05) is 261 Å². The molecule has 0 unspecified atom stereocenters. The molecule has 0 aliphatic carbocycles. The van der Waals surface area contributed by atoms with Crippen LogP contribution in [0.3, 0.4) is 0 Å². The molecule has 76 heavy (non-hydrogen) atoms. The van der Waals surface area contributed by atoms with Crippen LogP contribution < -0.4 is 41.5 Å². The molecule has 0 atom stereocenters. The van der Waals surface area contributed by atoms with Crippen molar-refractivity contribution >= 4 is 101 Å². The molecule has 1 aliphatic heterocycles. The normalized spacial score (nSPS) is 12.8. The fraction of sp³-hybridized carbons (Fsp3) is 0. The minimum absolute atomic E-state index is 1.13. The van der Waals surface area contributed by atoms with Gasteiger partial charge in [0.15, 0.2) is 16.1 Å². The maximum absolute atomic E-state index is 2.83. The quantitative estimate of drug-likeness (QED) is 0.101. The summed E-state index contributed by atoms with van der Waals surface area (Å²) in [5, 5.41) is 16.1. The SMILES string of the molecule is c1ccc([Si](c2ccccc2)(c2ccccc2)c2cccc(-n3c4ccccc4c4ccc(-n5c6ccccc6c6c(-c7cccc8c7[Si](c7ccccc7)(c7ccccc7)c7ccccc7-8)cccc65)cc43)c2)cc1. The van der Waals surface area contributed by atoms with Gasteiger partial charge in [0.1, 0.15) is 0 Å². The lowest BCUT2D eigenvalue weighted by Gasteiger charge is -2.34. The third-order valence-electron chi connectivity index (χ3n) is 16.5. The van der Waals surface area contributed by atoms with Crippen molar-refractivity contribution in [2.24, 2.45) is 0 Å². The van der Waals surface area contributed by atoms with Crippen LogP contribution in [0.25, 0.3) is 77.2 Å². The van der Waals surface area contributed by atoms with Crippen molar-refractivity contribution in [3.8, 4) is 33.6 Å². The van der Waals surface area contributed by atoms with Crippen LogP contribution >= 0.6 is 0 Å². The fourth-order valence-corrected chi connectivity index (χ4v) is 23.8. The average molecular weight is 999 g/mol. The predicted molar refractivity (Wildman–Crippen MR) is 327 cm³/mol. The van der Waals surface area contributed by atoms with Crippen molar-refractivity contribution in [1.29, 1.82) is 0 Å². The molecular formula is C72H50N2Si2. The molecule has 0 saturated heterocycles. The van der Waals surface area contributed by atoms with E-state index in [0.29, 0.717) is 0 Å². The zero-order valence-electron chi connectivity index (χ0n) is 41.8. The lowest BCUT2D eigenvalue weighted by molar-refractivity contribution is 1.16. The van der Waals surface area contributed by atoms with Gasteiger partial charge in [-0.05, 0) is 106 Å². The molecule has 0 spiro atoms.